The molecule has 0 spiro atoms. The Morgan fingerprint density at radius 2 is 2.00 bits per heavy atom. The molecule has 3 nitrogen and oxygen atoms in total. The van der Waals surface area contributed by atoms with Crippen molar-refractivity contribution in [3.05, 3.63) is 0 Å². The van der Waals surface area contributed by atoms with Crippen molar-refractivity contribution in [3.63, 3.8) is 0 Å². The highest BCUT2D eigenvalue weighted by Gasteiger charge is 2.24. The molecule has 1 aliphatic rings. The molecule has 2 atom stereocenters. The molecular formula is C14H29NO2. The Balaban J connectivity index is 2.44. The fraction of sp³-hybridized carbons (Fsp3) is 1.00. The summed E-state index contributed by atoms with van der Waals surface area (Å²) in [6.45, 7) is 7.31. The summed E-state index contributed by atoms with van der Waals surface area (Å²) in [4.78, 5) is 0. The van der Waals surface area contributed by atoms with Crippen LogP contribution in [0.25, 0.3) is 0 Å². The van der Waals surface area contributed by atoms with Crippen LogP contribution in [-0.4, -0.2) is 39.0 Å². The van der Waals surface area contributed by atoms with E-state index in [0.717, 1.165) is 32.1 Å². The Morgan fingerprint density at radius 3 is 2.53 bits per heavy atom. The highest BCUT2D eigenvalue weighted by Crippen LogP contribution is 2.23. The van der Waals surface area contributed by atoms with Crippen LogP contribution in [-0.2, 0) is 9.47 Å². The summed E-state index contributed by atoms with van der Waals surface area (Å²) < 4.78 is 11.1. The molecule has 17 heavy (non-hydrogen) atoms. The predicted octanol–water partition coefficient (Wildman–Crippen LogP) is 2.60. The van der Waals surface area contributed by atoms with Gasteiger partial charge in [0.2, 0.25) is 0 Å². The molecule has 0 bridgehead atoms. The van der Waals surface area contributed by atoms with Crippen LogP contribution in [0.4, 0.5) is 0 Å². The molecule has 0 aromatic heterocycles. The molecule has 102 valence electrons. The average molecular weight is 243 g/mol. The SMILES string of the molecule is CCCC(OC)C(CC1CCOCC1)NCC. The standard InChI is InChI=1S/C14H29NO2/c1-4-6-14(16-3)13(15-5-2)11-12-7-9-17-10-8-12/h12-15H,4-11H2,1-3H3. The van der Waals surface area contributed by atoms with Gasteiger partial charge in [0.25, 0.3) is 0 Å². The van der Waals surface area contributed by atoms with E-state index >= 15 is 0 Å². The molecule has 2 unspecified atom stereocenters. The van der Waals surface area contributed by atoms with E-state index < -0.39 is 0 Å². The second kappa shape index (κ2) is 8.90. The van der Waals surface area contributed by atoms with Crippen LogP contribution in [0.2, 0.25) is 0 Å². The largest absolute Gasteiger partial charge is 0.381 e. The van der Waals surface area contributed by atoms with E-state index in [2.05, 4.69) is 19.2 Å². The van der Waals surface area contributed by atoms with E-state index in [9.17, 15) is 0 Å². The zero-order valence-electron chi connectivity index (χ0n) is 11.7. The molecule has 1 heterocycles. The Labute approximate surface area is 106 Å². The molecule has 1 fully saturated rings. The first kappa shape index (κ1) is 14.9. The average Bonchev–Trinajstić information content (AvgIpc) is 2.37. The van der Waals surface area contributed by atoms with Crippen molar-refractivity contribution in [3.8, 4) is 0 Å². The van der Waals surface area contributed by atoms with Crippen molar-refractivity contribution >= 4 is 0 Å². The molecular weight excluding hydrogens is 214 g/mol. The summed E-state index contributed by atoms with van der Waals surface area (Å²) in [6, 6.07) is 0.507. The van der Waals surface area contributed by atoms with Gasteiger partial charge < -0.3 is 14.8 Å². The van der Waals surface area contributed by atoms with Crippen molar-refractivity contribution in [2.45, 2.75) is 58.1 Å². The van der Waals surface area contributed by atoms with Gasteiger partial charge in [0, 0.05) is 26.4 Å². The minimum atomic E-state index is 0.364. The summed E-state index contributed by atoms with van der Waals surface area (Å²) >= 11 is 0. The highest BCUT2D eigenvalue weighted by molar-refractivity contribution is 4.80. The normalized spacial score (nSPS) is 21.4. The molecule has 1 saturated heterocycles. The van der Waals surface area contributed by atoms with E-state index in [1.165, 1.54) is 25.7 Å². The lowest BCUT2D eigenvalue weighted by Crippen LogP contribution is -2.42. The highest BCUT2D eigenvalue weighted by atomic mass is 16.5. The topological polar surface area (TPSA) is 30.5 Å². The summed E-state index contributed by atoms with van der Waals surface area (Å²) in [7, 11) is 1.84. The van der Waals surface area contributed by atoms with Gasteiger partial charge in [-0.3, -0.25) is 0 Å². The first-order valence-electron chi connectivity index (χ1n) is 7.15. The van der Waals surface area contributed by atoms with Gasteiger partial charge in [0.15, 0.2) is 0 Å². The lowest BCUT2D eigenvalue weighted by atomic mass is 9.89. The second-order valence-corrected chi connectivity index (χ2v) is 5.02. The van der Waals surface area contributed by atoms with Crippen LogP contribution < -0.4 is 5.32 Å². The maximum atomic E-state index is 5.65. The van der Waals surface area contributed by atoms with Crippen LogP contribution in [0.15, 0.2) is 0 Å². The maximum Gasteiger partial charge on any atom is 0.0724 e. The van der Waals surface area contributed by atoms with Crippen molar-refractivity contribution in [1.82, 2.24) is 5.32 Å². The summed E-state index contributed by atoms with van der Waals surface area (Å²) in [5.41, 5.74) is 0. The van der Waals surface area contributed by atoms with Gasteiger partial charge in [-0.15, -0.1) is 0 Å². The van der Waals surface area contributed by atoms with Gasteiger partial charge in [0.05, 0.1) is 6.10 Å². The lowest BCUT2D eigenvalue weighted by molar-refractivity contribution is 0.0294. The third-order valence-corrected chi connectivity index (χ3v) is 3.72. The van der Waals surface area contributed by atoms with Crippen LogP contribution in [0, 0.1) is 5.92 Å². The molecule has 0 aromatic rings. The molecule has 0 aliphatic carbocycles. The van der Waals surface area contributed by atoms with Crippen LogP contribution in [0.3, 0.4) is 0 Å². The zero-order chi connectivity index (χ0) is 12.5. The molecule has 1 aliphatic heterocycles. The van der Waals surface area contributed by atoms with Gasteiger partial charge >= 0.3 is 0 Å². The van der Waals surface area contributed by atoms with Crippen LogP contribution in [0.5, 0.6) is 0 Å². The van der Waals surface area contributed by atoms with Crippen LogP contribution >= 0.6 is 0 Å². The Bertz CT molecular complexity index is 181. The molecule has 0 saturated carbocycles. The van der Waals surface area contributed by atoms with Crippen LogP contribution in [0.1, 0.15) is 46.0 Å². The maximum absolute atomic E-state index is 5.65. The third kappa shape index (κ3) is 5.36. The first-order chi connectivity index (χ1) is 8.31. The van der Waals surface area contributed by atoms with Gasteiger partial charge in [0.1, 0.15) is 0 Å². The minimum absolute atomic E-state index is 0.364. The van der Waals surface area contributed by atoms with E-state index in [-0.39, 0.29) is 0 Å². The molecule has 0 aromatic carbocycles. The number of ether oxygens (including phenoxy) is 2. The number of rotatable bonds is 8. The van der Waals surface area contributed by atoms with Crippen molar-refractivity contribution in [2.75, 3.05) is 26.9 Å². The Morgan fingerprint density at radius 1 is 1.29 bits per heavy atom. The summed E-state index contributed by atoms with van der Waals surface area (Å²) in [5.74, 6) is 0.808. The molecule has 0 radical (unpaired) electrons. The van der Waals surface area contributed by atoms with Crippen molar-refractivity contribution in [1.29, 1.82) is 0 Å². The molecule has 0 amide bonds. The van der Waals surface area contributed by atoms with Gasteiger partial charge in [-0.05, 0) is 38.1 Å². The molecule has 3 heteroatoms. The van der Waals surface area contributed by atoms with Crippen molar-refractivity contribution < 1.29 is 9.47 Å². The monoisotopic (exact) mass is 243 g/mol. The smallest absolute Gasteiger partial charge is 0.0724 e. The van der Waals surface area contributed by atoms with Gasteiger partial charge in [-0.1, -0.05) is 20.3 Å². The number of likely N-dealkylation sites (N-methyl/N-ethyl adjacent to an activating group) is 1. The minimum Gasteiger partial charge on any atom is -0.381 e. The lowest BCUT2D eigenvalue weighted by Gasteiger charge is -2.31. The number of hydrogen-bond acceptors (Lipinski definition) is 3. The number of hydrogen-bond donors (Lipinski definition) is 1. The van der Waals surface area contributed by atoms with Gasteiger partial charge in [-0.2, -0.15) is 0 Å². The number of methoxy groups -OCH3 is 1. The first-order valence-corrected chi connectivity index (χ1v) is 7.15. The Kier molecular flexibility index (Phi) is 7.82. The summed E-state index contributed by atoms with van der Waals surface area (Å²) in [6.07, 6.45) is 6.36. The van der Waals surface area contributed by atoms with E-state index in [1.807, 2.05) is 7.11 Å². The summed E-state index contributed by atoms with van der Waals surface area (Å²) in [5, 5.41) is 3.60. The predicted molar refractivity (Wildman–Crippen MR) is 71.3 cm³/mol. The Hall–Kier alpha value is -0.120. The van der Waals surface area contributed by atoms with E-state index in [4.69, 9.17) is 9.47 Å². The van der Waals surface area contributed by atoms with Gasteiger partial charge in [-0.25, -0.2) is 0 Å². The third-order valence-electron chi connectivity index (χ3n) is 3.72. The second-order valence-electron chi connectivity index (χ2n) is 5.02. The quantitative estimate of drug-likeness (QED) is 0.711. The zero-order valence-corrected chi connectivity index (χ0v) is 11.7. The van der Waals surface area contributed by atoms with E-state index in [1.54, 1.807) is 0 Å². The fourth-order valence-corrected chi connectivity index (χ4v) is 2.74. The molecule has 1 N–H and O–H groups in total. The fourth-order valence-electron chi connectivity index (χ4n) is 2.74. The van der Waals surface area contributed by atoms with Crippen molar-refractivity contribution in [2.24, 2.45) is 5.92 Å². The number of nitrogens with one attached hydrogen (secondary N) is 1. The molecule has 1 rings (SSSR count). The van der Waals surface area contributed by atoms with E-state index in [0.29, 0.717) is 12.1 Å².